The summed E-state index contributed by atoms with van der Waals surface area (Å²) in [5.41, 5.74) is -0.171. The van der Waals surface area contributed by atoms with Crippen LogP contribution >= 0.6 is 0 Å². The second kappa shape index (κ2) is 7.09. The Balaban J connectivity index is 1.81. The van der Waals surface area contributed by atoms with E-state index >= 15 is 0 Å². The molecule has 0 spiro atoms. The molecule has 1 saturated heterocycles. The van der Waals surface area contributed by atoms with Gasteiger partial charge in [0.15, 0.2) is 0 Å². The first-order chi connectivity index (χ1) is 11.9. The van der Waals surface area contributed by atoms with Gasteiger partial charge in [0.1, 0.15) is 5.60 Å². The number of piperidine rings is 1. The van der Waals surface area contributed by atoms with Crippen molar-refractivity contribution >= 4 is 0 Å². The first kappa shape index (κ1) is 17.8. The van der Waals surface area contributed by atoms with Crippen LogP contribution < -0.4 is 0 Å². The zero-order valence-corrected chi connectivity index (χ0v) is 13.7. The van der Waals surface area contributed by atoms with Crippen LogP contribution in [0.5, 0.6) is 0 Å². The lowest BCUT2D eigenvalue weighted by molar-refractivity contribution is -0.186. The molecule has 3 rings (SSSR count). The van der Waals surface area contributed by atoms with Crippen LogP contribution in [0.25, 0.3) is 0 Å². The number of aliphatic hydroxyl groups is 1. The average Bonchev–Trinajstić information content (AvgIpc) is 2.63. The molecule has 0 radical (unpaired) electrons. The molecular formula is C18H20F3N3O. The molecule has 3 heterocycles. The Labute approximate surface area is 144 Å². The van der Waals surface area contributed by atoms with Gasteiger partial charge in [0.2, 0.25) is 0 Å². The largest absolute Gasteiger partial charge is 0.391 e. The van der Waals surface area contributed by atoms with Crippen LogP contribution in [-0.2, 0) is 5.60 Å². The summed E-state index contributed by atoms with van der Waals surface area (Å²) in [7, 11) is 0. The van der Waals surface area contributed by atoms with E-state index in [0.29, 0.717) is 24.2 Å². The maximum atomic E-state index is 12.9. The summed E-state index contributed by atoms with van der Waals surface area (Å²) in [6.45, 7) is 0.801. The van der Waals surface area contributed by atoms with Crippen molar-refractivity contribution in [2.75, 3.05) is 19.6 Å². The van der Waals surface area contributed by atoms with E-state index in [9.17, 15) is 18.3 Å². The molecule has 0 amide bonds. The zero-order valence-electron chi connectivity index (χ0n) is 13.7. The van der Waals surface area contributed by atoms with Crippen molar-refractivity contribution in [2.24, 2.45) is 5.92 Å². The molecule has 7 heteroatoms. The van der Waals surface area contributed by atoms with Crippen molar-refractivity contribution in [1.82, 2.24) is 14.9 Å². The van der Waals surface area contributed by atoms with Crippen molar-refractivity contribution in [3.05, 3.63) is 60.2 Å². The number of nitrogens with zero attached hydrogens (tertiary/aromatic N) is 3. The molecule has 2 aromatic heterocycles. The van der Waals surface area contributed by atoms with Crippen LogP contribution in [0.15, 0.2) is 49.1 Å². The van der Waals surface area contributed by atoms with Crippen LogP contribution in [0.1, 0.15) is 24.0 Å². The molecule has 1 fully saturated rings. The van der Waals surface area contributed by atoms with Crippen LogP contribution in [-0.4, -0.2) is 45.8 Å². The van der Waals surface area contributed by atoms with Crippen molar-refractivity contribution in [3.63, 3.8) is 0 Å². The van der Waals surface area contributed by atoms with Gasteiger partial charge >= 0.3 is 6.18 Å². The van der Waals surface area contributed by atoms with Gasteiger partial charge in [-0.2, -0.15) is 13.2 Å². The summed E-state index contributed by atoms with van der Waals surface area (Å²) in [6, 6.07) is 6.99. The van der Waals surface area contributed by atoms with E-state index in [-0.39, 0.29) is 19.4 Å². The molecule has 0 bridgehead atoms. The fourth-order valence-corrected chi connectivity index (χ4v) is 3.31. The zero-order chi connectivity index (χ0) is 17.9. The third kappa shape index (κ3) is 3.99. The van der Waals surface area contributed by atoms with Crippen molar-refractivity contribution in [1.29, 1.82) is 0 Å². The topological polar surface area (TPSA) is 49.2 Å². The van der Waals surface area contributed by atoms with E-state index in [2.05, 4.69) is 9.97 Å². The molecular weight excluding hydrogens is 331 g/mol. The van der Waals surface area contributed by atoms with E-state index in [1.807, 2.05) is 4.90 Å². The summed E-state index contributed by atoms with van der Waals surface area (Å²) >= 11 is 0. The van der Waals surface area contributed by atoms with Crippen molar-refractivity contribution < 1.29 is 18.3 Å². The summed E-state index contributed by atoms with van der Waals surface area (Å²) in [4.78, 5) is 10.0. The number of alkyl halides is 3. The monoisotopic (exact) mass is 351 g/mol. The molecule has 0 aliphatic carbocycles. The lowest BCUT2D eigenvalue weighted by Crippen LogP contribution is -2.46. The van der Waals surface area contributed by atoms with Crippen LogP contribution in [0.4, 0.5) is 13.2 Å². The molecule has 2 aromatic rings. The maximum Gasteiger partial charge on any atom is 0.391 e. The van der Waals surface area contributed by atoms with Gasteiger partial charge in [0, 0.05) is 42.5 Å². The Morgan fingerprint density at radius 2 is 1.52 bits per heavy atom. The Kier molecular flexibility index (Phi) is 5.06. The van der Waals surface area contributed by atoms with E-state index in [4.69, 9.17) is 0 Å². The molecule has 0 aromatic carbocycles. The number of rotatable bonds is 4. The van der Waals surface area contributed by atoms with E-state index in [1.165, 1.54) is 0 Å². The number of hydrogen-bond donors (Lipinski definition) is 1. The number of pyridine rings is 2. The third-order valence-electron chi connectivity index (χ3n) is 4.78. The van der Waals surface area contributed by atoms with Crippen molar-refractivity contribution in [2.45, 2.75) is 24.6 Å². The van der Waals surface area contributed by atoms with E-state index < -0.39 is 17.7 Å². The molecule has 4 nitrogen and oxygen atoms in total. The number of likely N-dealkylation sites (tertiary alicyclic amines) is 1. The minimum Gasteiger partial charge on any atom is -0.379 e. The van der Waals surface area contributed by atoms with Gasteiger partial charge in [-0.1, -0.05) is 12.1 Å². The Hall–Kier alpha value is -1.99. The molecule has 0 saturated carbocycles. The first-order valence-corrected chi connectivity index (χ1v) is 8.22. The molecule has 0 unspecified atom stereocenters. The van der Waals surface area contributed by atoms with Gasteiger partial charge in [-0.3, -0.25) is 14.9 Å². The quantitative estimate of drug-likeness (QED) is 0.920. The average molecular weight is 351 g/mol. The minimum atomic E-state index is -4.14. The highest BCUT2D eigenvalue weighted by Gasteiger charge is 2.42. The van der Waals surface area contributed by atoms with Gasteiger partial charge < -0.3 is 5.11 Å². The second-order valence-electron chi connectivity index (χ2n) is 6.44. The molecule has 0 atom stereocenters. The Morgan fingerprint density at radius 3 is 1.92 bits per heavy atom. The van der Waals surface area contributed by atoms with Gasteiger partial charge in [-0.15, -0.1) is 0 Å². The van der Waals surface area contributed by atoms with Gasteiger partial charge in [-0.05, 0) is 38.1 Å². The Bertz CT molecular complexity index is 631. The van der Waals surface area contributed by atoms with Crippen LogP contribution in [0.2, 0.25) is 0 Å². The van der Waals surface area contributed by atoms with Crippen LogP contribution in [0.3, 0.4) is 0 Å². The summed E-state index contributed by atoms with van der Waals surface area (Å²) in [5.74, 6) is -1.26. The van der Waals surface area contributed by atoms with Gasteiger partial charge in [-0.25, -0.2) is 0 Å². The molecule has 25 heavy (non-hydrogen) atoms. The van der Waals surface area contributed by atoms with E-state index in [1.54, 1.807) is 49.1 Å². The summed E-state index contributed by atoms with van der Waals surface area (Å²) < 4.78 is 38.6. The standard InChI is InChI=1S/C18H20F3N3O/c19-18(20,21)14-5-9-24(10-6-14)13-17(25,15-3-1-7-22-11-15)16-4-2-8-23-12-16/h1-4,7-8,11-12,14,25H,5-6,9-10,13H2. The van der Waals surface area contributed by atoms with E-state index in [0.717, 1.165) is 0 Å². The van der Waals surface area contributed by atoms with Gasteiger partial charge in [0.25, 0.3) is 0 Å². The molecule has 1 aliphatic rings. The number of halogens is 3. The second-order valence-corrected chi connectivity index (χ2v) is 6.44. The minimum absolute atomic E-state index is 0.0552. The Morgan fingerprint density at radius 1 is 1.00 bits per heavy atom. The lowest BCUT2D eigenvalue weighted by Gasteiger charge is -2.38. The first-order valence-electron chi connectivity index (χ1n) is 8.22. The fraction of sp³-hybridized carbons (Fsp3) is 0.444. The predicted molar refractivity (Wildman–Crippen MR) is 86.7 cm³/mol. The normalized spacial score (nSPS) is 17.6. The number of aromatic nitrogens is 2. The summed E-state index contributed by atoms with van der Waals surface area (Å²) in [5, 5.41) is 11.4. The predicted octanol–water partition coefficient (Wildman–Crippen LogP) is 2.99. The fourth-order valence-electron chi connectivity index (χ4n) is 3.31. The highest BCUT2D eigenvalue weighted by Crippen LogP contribution is 2.36. The highest BCUT2D eigenvalue weighted by molar-refractivity contribution is 5.33. The molecule has 1 N–H and O–H groups in total. The van der Waals surface area contributed by atoms with Crippen LogP contribution in [0, 0.1) is 5.92 Å². The number of β-amino-alcohol motifs (C(OH)–C–C–N with tert-alkyl or cyclic N) is 1. The third-order valence-corrected chi connectivity index (χ3v) is 4.78. The number of hydrogen-bond acceptors (Lipinski definition) is 4. The van der Waals surface area contributed by atoms with Crippen molar-refractivity contribution in [3.8, 4) is 0 Å². The van der Waals surface area contributed by atoms with Gasteiger partial charge in [0.05, 0.1) is 5.92 Å². The smallest absolute Gasteiger partial charge is 0.379 e. The maximum absolute atomic E-state index is 12.9. The SMILES string of the molecule is OC(CN1CCC(C(F)(F)F)CC1)(c1cccnc1)c1cccnc1. The molecule has 134 valence electrons. The highest BCUT2D eigenvalue weighted by atomic mass is 19.4. The lowest BCUT2D eigenvalue weighted by atomic mass is 9.86. The molecule has 1 aliphatic heterocycles. The summed E-state index contributed by atoms with van der Waals surface area (Å²) in [6.07, 6.45) is 2.35.